The molecule has 0 aliphatic carbocycles. The van der Waals surface area contributed by atoms with Crippen molar-refractivity contribution < 1.29 is 0 Å². The number of nitrogens with zero attached hydrogens (tertiary/aromatic N) is 3. The van der Waals surface area contributed by atoms with Crippen molar-refractivity contribution in [1.29, 1.82) is 0 Å². The Morgan fingerprint density at radius 1 is 1.38 bits per heavy atom. The van der Waals surface area contributed by atoms with Gasteiger partial charge in [0.1, 0.15) is 5.82 Å². The van der Waals surface area contributed by atoms with Gasteiger partial charge >= 0.3 is 4.87 Å². The van der Waals surface area contributed by atoms with Gasteiger partial charge in [-0.1, -0.05) is 11.3 Å². The van der Waals surface area contributed by atoms with Crippen LogP contribution < -0.4 is 10.6 Å². The van der Waals surface area contributed by atoms with E-state index in [2.05, 4.69) is 9.97 Å². The zero-order valence-electron chi connectivity index (χ0n) is 9.10. The van der Waals surface area contributed by atoms with E-state index in [0.717, 1.165) is 16.3 Å². The number of hydrogen-bond acceptors (Lipinski definition) is 5. The van der Waals surface area contributed by atoms with Crippen LogP contribution in [0.2, 0.25) is 0 Å². The third-order valence-corrected chi connectivity index (χ3v) is 3.42. The Morgan fingerprint density at radius 3 is 2.62 bits per heavy atom. The number of rotatable bonds is 2. The van der Waals surface area contributed by atoms with Crippen LogP contribution in [-0.2, 0) is 6.54 Å². The van der Waals surface area contributed by atoms with Crippen LogP contribution in [0, 0.1) is 13.8 Å². The fourth-order valence-corrected chi connectivity index (χ4v) is 2.21. The molecule has 0 aromatic carbocycles. The molecule has 2 aromatic rings. The van der Waals surface area contributed by atoms with E-state index in [1.165, 1.54) is 17.5 Å². The van der Waals surface area contributed by atoms with Gasteiger partial charge in [-0.3, -0.25) is 14.3 Å². The van der Waals surface area contributed by atoms with Crippen molar-refractivity contribution in [1.82, 2.24) is 14.5 Å². The number of nitrogen functional groups attached to an aromatic ring is 1. The molecule has 0 saturated heterocycles. The van der Waals surface area contributed by atoms with E-state index in [1.807, 2.05) is 13.8 Å². The fourth-order valence-electron chi connectivity index (χ4n) is 1.38. The molecule has 2 rings (SSSR count). The fraction of sp³-hybridized carbons (Fsp3) is 0.300. The van der Waals surface area contributed by atoms with Gasteiger partial charge in [0.05, 0.1) is 24.6 Å². The van der Waals surface area contributed by atoms with Crippen molar-refractivity contribution in [3.63, 3.8) is 0 Å². The van der Waals surface area contributed by atoms with E-state index in [4.69, 9.17) is 5.73 Å². The maximum Gasteiger partial charge on any atom is 0.307 e. The van der Waals surface area contributed by atoms with Crippen LogP contribution in [0.25, 0.3) is 0 Å². The first-order valence-electron chi connectivity index (χ1n) is 4.81. The average molecular weight is 236 g/mol. The lowest BCUT2D eigenvalue weighted by atomic mass is 10.4. The zero-order valence-corrected chi connectivity index (χ0v) is 9.91. The second-order valence-corrected chi connectivity index (χ2v) is 4.69. The van der Waals surface area contributed by atoms with Crippen LogP contribution in [0.4, 0.5) is 5.82 Å². The first-order chi connectivity index (χ1) is 7.58. The highest BCUT2D eigenvalue weighted by Gasteiger charge is 2.08. The third-order valence-electron chi connectivity index (χ3n) is 2.42. The van der Waals surface area contributed by atoms with E-state index < -0.39 is 0 Å². The first kappa shape index (κ1) is 10.8. The van der Waals surface area contributed by atoms with Crippen molar-refractivity contribution in [2.75, 3.05) is 5.73 Å². The van der Waals surface area contributed by atoms with Crippen molar-refractivity contribution in [2.45, 2.75) is 20.4 Å². The van der Waals surface area contributed by atoms with Gasteiger partial charge < -0.3 is 5.73 Å². The smallest absolute Gasteiger partial charge is 0.307 e. The summed E-state index contributed by atoms with van der Waals surface area (Å²) in [6.45, 7) is 4.31. The largest absolute Gasteiger partial charge is 0.382 e. The summed E-state index contributed by atoms with van der Waals surface area (Å²) in [4.78, 5) is 20.8. The molecule has 0 spiro atoms. The molecule has 0 saturated carbocycles. The molecule has 2 N–H and O–H groups in total. The molecule has 0 aliphatic rings. The second kappa shape index (κ2) is 4.05. The van der Waals surface area contributed by atoms with Gasteiger partial charge in [-0.2, -0.15) is 0 Å². The van der Waals surface area contributed by atoms with Gasteiger partial charge in [-0.05, 0) is 13.8 Å². The normalized spacial score (nSPS) is 10.6. The molecule has 2 aromatic heterocycles. The summed E-state index contributed by atoms with van der Waals surface area (Å²) in [5.41, 5.74) is 7.16. The Morgan fingerprint density at radius 2 is 2.12 bits per heavy atom. The first-order valence-corrected chi connectivity index (χ1v) is 5.63. The third kappa shape index (κ3) is 1.96. The number of thiazole rings is 1. The second-order valence-electron chi connectivity index (χ2n) is 3.53. The molecule has 0 radical (unpaired) electrons. The minimum atomic E-state index is 0.0358. The van der Waals surface area contributed by atoms with Crippen LogP contribution in [-0.4, -0.2) is 14.5 Å². The summed E-state index contributed by atoms with van der Waals surface area (Å²) in [6, 6.07) is 0. The molecule has 0 atom stereocenters. The van der Waals surface area contributed by atoms with Crippen LogP contribution >= 0.6 is 11.3 Å². The molecule has 0 unspecified atom stereocenters. The predicted octanol–water partition coefficient (Wildman–Crippen LogP) is 0.947. The highest BCUT2D eigenvalue weighted by atomic mass is 32.1. The summed E-state index contributed by atoms with van der Waals surface area (Å²) in [5.74, 6) is 0.384. The van der Waals surface area contributed by atoms with Gasteiger partial charge in [0, 0.05) is 10.6 Å². The number of aromatic nitrogens is 3. The summed E-state index contributed by atoms with van der Waals surface area (Å²) < 4.78 is 1.69. The Hall–Kier alpha value is -1.69. The van der Waals surface area contributed by atoms with Gasteiger partial charge in [0.25, 0.3) is 0 Å². The summed E-state index contributed by atoms with van der Waals surface area (Å²) in [7, 11) is 0. The molecule has 84 valence electrons. The number of aryl methyl sites for hydroxylation is 1. The topological polar surface area (TPSA) is 73.8 Å². The molecule has 2 heterocycles. The lowest BCUT2D eigenvalue weighted by Gasteiger charge is -2.03. The maximum absolute atomic E-state index is 11.6. The van der Waals surface area contributed by atoms with E-state index >= 15 is 0 Å². The van der Waals surface area contributed by atoms with E-state index in [9.17, 15) is 4.79 Å². The summed E-state index contributed by atoms with van der Waals surface area (Å²) >= 11 is 1.25. The maximum atomic E-state index is 11.6. The SMILES string of the molecule is Cc1sc(=O)n(Cc2cnc(N)cn2)c1C. The zero-order chi connectivity index (χ0) is 11.7. The van der Waals surface area contributed by atoms with E-state index in [0.29, 0.717) is 12.4 Å². The number of hydrogen-bond donors (Lipinski definition) is 1. The minimum absolute atomic E-state index is 0.0358. The molecule has 0 amide bonds. The molecule has 0 aliphatic heterocycles. The predicted molar refractivity (Wildman–Crippen MR) is 63.6 cm³/mol. The van der Waals surface area contributed by atoms with Gasteiger partial charge in [-0.15, -0.1) is 0 Å². The quantitative estimate of drug-likeness (QED) is 0.842. The standard InChI is InChI=1S/C10H12N4OS/c1-6-7(2)16-10(15)14(6)5-8-3-13-9(11)4-12-8/h3-4H,5H2,1-2H3,(H2,11,13). The molecule has 0 fully saturated rings. The van der Waals surface area contributed by atoms with Crippen molar-refractivity contribution in [3.8, 4) is 0 Å². The van der Waals surface area contributed by atoms with E-state index in [-0.39, 0.29) is 4.87 Å². The van der Waals surface area contributed by atoms with Crippen molar-refractivity contribution in [2.24, 2.45) is 0 Å². The molecule has 5 nitrogen and oxygen atoms in total. The van der Waals surface area contributed by atoms with Crippen LogP contribution in [0.15, 0.2) is 17.2 Å². The van der Waals surface area contributed by atoms with Crippen molar-refractivity contribution >= 4 is 17.2 Å². The molecule has 0 bridgehead atoms. The monoisotopic (exact) mass is 236 g/mol. The highest BCUT2D eigenvalue weighted by molar-refractivity contribution is 7.09. The minimum Gasteiger partial charge on any atom is -0.382 e. The van der Waals surface area contributed by atoms with Crippen molar-refractivity contribution in [3.05, 3.63) is 38.3 Å². The van der Waals surface area contributed by atoms with Crippen LogP contribution in [0.5, 0.6) is 0 Å². The Bertz CT molecular complexity index is 555. The molecule has 6 heteroatoms. The molecular weight excluding hydrogens is 224 g/mol. The number of anilines is 1. The summed E-state index contributed by atoms with van der Waals surface area (Å²) in [5, 5.41) is 0. The lowest BCUT2D eigenvalue weighted by molar-refractivity contribution is 0.728. The van der Waals surface area contributed by atoms with Crippen LogP contribution in [0.1, 0.15) is 16.3 Å². The Balaban J connectivity index is 2.34. The average Bonchev–Trinajstić information content (AvgIpc) is 2.48. The number of nitrogens with two attached hydrogens (primary N) is 1. The Kier molecular flexibility index (Phi) is 2.74. The van der Waals surface area contributed by atoms with Gasteiger partial charge in [0.15, 0.2) is 0 Å². The lowest BCUT2D eigenvalue weighted by Crippen LogP contribution is -2.16. The highest BCUT2D eigenvalue weighted by Crippen LogP contribution is 2.10. The van der Waals surface area contributed by atoms with Gasteiger partial charge in [-0.25, -0.2) is 4.98 Å². The van der Waals surface area contributed by atoms with Gasteiger partial charge in [0.2, 0.25) is 0 Å². The van der Waals surface area contributed by atoms with E-state index in [1.54, 1.807) is 10.8 Å². The molecular formula is C10H12N4OS. The summed E-state index contributed by atoms with van der Waals surface area (Å²) in [6.07, 6.45) is 3.09. The molecule has 16 heavy (non-hydrogen) atoms. The Labute approximate surface area is 96.6 Å². The van der Waals surface area contributed by atoms with Crippen LogP contribution in [0.3, 0.4) is 0 Å².